The molecule has 0 saturated carbocycles. The van der Waals surface area contributed by atoms with Crippen LogP contribution in [-0.4, -0.2) is 0 Å². The third-order valence-corrected chi connectivity index (χ3v) is 2.70. The van der Waals surface area contributed by atoms with Gasteiger partial charge in [0.2, 0.25) is 0 Å². The Morgan fingerprint density at radius 1 is 1.40 bits per heavy atom. The molecule has 0 saturated heterocycles. The molecule has 0 atom stereocenters. The molecule has 0 N–H and O–H groups in total. The molecule has 1 aliphatic rings. The summed E-state index contributed by atoms with van der Waals surface area (Å²) >= 11 is 3.43. The zero-order valence-corrected chi connectivity index (χ0v) is 7.19. The highest BCUT2D eigenvalue weighted by atomic mass is 79.9. The van der Waals surface area contributed by atoms with Crippen LogP contribution in [0.15, 0.2) is 8.89 Å². The number of hydrogen-bond donors (Lipinski definition) is 0. The van der Waals surface area contributed by atoms with Gasteiger partial charge in [0, 0.05) is 5.56 Å². The minimum atomic E-state index is 0.627. The Bertz CT molecular complexity index is 265. The first-order chi connectivity index (χ1) is 4.79. The summed E-state index contributed by atoms with van der Waals surface area (Å²) in [5.74, 6) is 1.93. The molecule has 1 aromatic rings. The lowest BCUT2D eigenvalue weighted by Crippen LogP contribution is -1.77. The molecule has 0 radical (unpaired) electrons. The fraction of sp³-hybridized carbons (Fsp3) is 0.429. The number of halogens is 1. The SMILES string of the molecule is Cc1oc2c(c1Br)COC2. The van der Waals surface area contributed by atoms with Crippen LogP contribution in [0.4, 0.5) is 0 Å². The first-order valence-electron chi connectivity index (χ1n) is 3.13. The van der Waals surface area contributed by atoms with Crippen molar-refractivity contribution in [1.82, 2.24) is 0 Å². The molecule has 0 aliphatic carbocycles. The van der Waals surface area contributed by atoms with Gasteiger partial charge < -0.3 is 9.15 Å². The van der Waals surface area contributed by atoms with Crippen molar-refractivity contribution in [2.45, 2.75) is 20.1 Å². The van der Waals surface area contributed by atoms with Gasteiger partial charge in [-0.2, -0.15) is 0 Å². The third-order valence-electron chi connectivity index (χ3n) is 1.67. The largest absolute Gasteiger partial charge is 0.462 e. The summed E-state index contributed by atoms with van der Waals surface area (Å²) in [4.78, 5) is 0. The molecule has 10 heavy (non-hydrogen) atoms. The zero-order valence-electron chi connectivity index (χ0n) is 5.61. The summed E-state index contributed by atoms with van der Waals surface area (Å²) < 4.78 is 11.6. The van der Waals surface area contributed by atoms with Gasteiger partial charge in [-0.15, -0.1) is 0 Å². The maximum Gasteiger partial charge on any atom is 0.136 e. The van der Waals surface area contributed by atoms with Crippen molar-refractivity contribution in [2.24, 2.45) is 0 Å². The number of fused-ring (bicyclic) bond motifs is 1. The lowest BCUT2D eigenvalue weighted by molar-refractivity contribution is 0.123. The second-order valence-electron chi connectivity index (χ2n) is 2.37. The highest BCUT2D eigenvalue weighted by Crippen LogP contribution is 2.32. The summed E-state index contributed by atoms with van der Waals surface area (Å²) in [5, 5.41) is 0. The van der Waals surface area contributed by atoms with E-state index in [2.05, 4.69) is 15.9 Å². The molecule has 0 amide bonds. The van der Waals surface area contributed by atoms with Crippen LogP contribution in [0.5, 0.6) is 0 Å². The Morgan fingerprint density at radius 3 is 2.90 bits per heavy atom. The van der Waals surface area contributed by atoms with Gasteiger partial charge in [0.25, 0.3) is 0 Å². The first-order valence-corrected chi connectivity index (χ1v) is 3.92. The van der Waals surface area contributed by atoms with Gasteiger partial charge >= 0.3 is 0 Å². The van der Waals surface area contributed by atoms with Crippen LogP contribution >= 0.6 is 15.9 Å². The zero-order chi connectivity index (χ0) is 7.14. The van der Waals surface area contributed by atoms with Crippen molar-refractivity contribution in [3.8, 4) is 0 Å². The fourth-order valence-electron chi connectivity index (χ4n) is 1.13. The van der Waals surface area contributed by atoms with E-state index in [9.17, 15) is 0 Å². The molecular formula is C7H7BrO2. The Balaban J connectivity index is 2.59. The standard InChI is InChI=1S/C7H7BrO2/c1-4-7(8)5-2-9-3-6(5)10-4/h2-3H2,1H3. The molecule has 0 spiro atoms. The van der Waals surface area contributed by atoms with Gasteiger partial charge in [0.1, 0.15) is 18.1 Å². The Morgan fingerprint density at radius 2 is 2.20 bits per heavy atom. The van der Waals surface area contributed by atoms with Crippen LogP contribution in [0.2, 0.25) is 0 Å². The van der Waals surface area contributed by atoms with Gasteiger partial charge in [-0.05, 0) is 22.9 Å². The topological polar surface area (TPSA) is 22.4 Å². The maximum atomic E-state index is 5.38. The Labute approximate surface area is 67.3 Å². The summed E-state index contributed by atoms with van der Waals surface area (Å²) in [6.07, 6.45) is 0. The van der Waals surface area contributed by atoms with E-state index in [4.69, 9.17) is 9.15 Å². The second kappa shape index (κ2) is 2.10. The van der Waals surface area contributed by atoms with Crippen molar-refractivity contribution >= 4 is 15.9 Å². The molecule has 2 heterocycles. The lowest BCUT2D eigenvalue weighted by atomic mass is 10.3. The van der Waals surface area contributed by atoms with Crippen LogP contribution < -0.4 is 0 Å². The minimum absolute atomic E-state index is 0.627. The number of aryl methyl sites for hydroxylation is 1. The van der Waals surface area contributed by atoms with Crippen molar-refractivity contribution in [2.75, 3.05) is 0 Å². The van der Waals surface area contributed by atoms with Crippen molar-refractivity contribution < 1.29 is 9.15 Å². The van der Waals surface area contributed by atoms with E-state index in [1.807, 2.05) is 6.92 Å². The molecule has 0 fully saturated rings. The third kappa shape index (κ3) is 0.739. The molecule has 2 rings (SSSR count). The first kappa shape index (κ1) is 6.43. The predicted molar refractivity (Wildman–Crippen MR) is 39.6 cm³/mol. The number of furan rings is 1. The summed E-state index contributed by atoms with van der Waals surface area (Å²) in [6, 6.07) is 0. The second-order valence-corrected chi connectivity index (χ2v) is 3.16. The van der Waals surface area contributed by atoms with Gasteiger partial charge in [-0.1, -0.05) is 0 Å². The average Bonchev–Trinajstić information content (AvgIpc) is 2.41. The van der Waals surface area contributed by atoms with Crippen LogP contribution in [0.1, 0.15) is 17.1 Å². The summed E-state index contributed by atoms with van der Waals surface area (Å²) in [7, 11) is 0. The Hall–Kier alpha value is -0.280. The fourth-order valence-corrected chi connectivity index (χ4v) is 1.55. The highest BCUT2D eigenvalue weighted by Gasteiger charge is 2.20. The van der Waals surface area contributed by atoms with Crippen LogP contribution in [0, 0.1) is 6.92 Å². The molecule has 54 valence electrons. The van der Waals surface area contributed by atoms with Gasteiger partial charge in [-0.25, -0.2) is 0 Å². The molecule has 0 bridgehead atoms. The molecule has 1 aromatic heterocycles. The van der Waals surface area contributed by atoms with E-state index in [0.717, 1.165) is 16.0 Å². The van der Waals surface area contributed by atoms with Crippen molar-refractivity contribution in [3.63, 3.8) is 0 Å². The maximum absolute atomic E-state index is 5.38. The number of ether oxygens (including phenoxy) is 1. The Kier molecular flexibility index (Phi) is 1.35. The molecule has 2 nitrogen and oxygen atoms in total. The van der Waals surface area contributed by atoms with E-state index < -0.39 is 0 Å². The van der Waals surface area contributed by atoms with E-state index in [1.165, 1.54) is 5.56 Å². The average molecular weight is 203 g/mol. The van der Waals surface area contributed by atoms with E-state index in [1.54, 1.807) is 0 Å². The summed E-state index contributed by atoms with van der Waals surface area (Å²) in [5.41, 5.74) is 1.18. The molecule has 0 unspecified atom stereocenters. The van der Waals surface area contributed by atoms with Crippen LogP contribution in [0.3, 0.4) is 0 Å². The van der Waals surface area contributed by atoms with Crippen molar-refractivity contribution in [1.29, 1.82) is 0 Å². The monoisotopic (exact) mass is 202 g/mol. The van der Waals surface area contributed by atoms with Gasteiger partial charge in [0.15, 0.2) is 0 Å². The van der Waals surface area contributed by atoms with E-state index in [-0.39, 0.29) is 0 Å². The van der Waals surface area contributed by atoms with Crippen LogP contribution in [0.25, 0.3) is 0 Å². The van der Waals surface area contributed by atoms with Gasteiger partial charge in [0.05, 0.1) is 11.1 Å². The molecule has 0 aromatic carbocycles. The number of rotatable bonds is 0. The van der Waals surface area contributed by atoms with Gasteiger partial charge in [-0.3, -0.25) is 0 Å². The minimum Gasteiger partial charge on any atom is -0.462 e. The quantitative estimate of drug-likeness (QED) is 0.645. The summed E-state index contributed by atoms with van der Waals surface area (Å²) in [6.45, 7) is 3.26. The number of hydrogen-bond acceptors (Lipinski definition) is 2. The predicted octanol–water partition coefficient (Wildman–Crippen LogP) is 2.38. The molecule has 3 heteroatoms. The van der Waals surface area contributed by atoms with E-state index >= 15 is 0 Å². The molecule has 1 aliphatic heterocycles. The highest BCUT2D eigenvalue weighted by molar-refractivity contribution is 9.10. The normalized spacial score (nSPS) is 15.8. The van der Waals surface area contributed by atoms with E-state index in [0.29, 0.717) is 13.2 Å². The van der Waals surface area contributed by atoms with Crippen LogP contribution in [-0.2, 0) is 18.0 Å². The molecular weight excluding hydrogens is 196 g/mol. The lowest BCUT2D eigenvalue weighted by Gasteiger charge is -1.89. The van der Waals surface area contributed by atoms with Crippen molar-refractivity contribution in [3.05, 3.63) is 21.6 Å². The smallest absolute Gasteiger partial charge is 0.136 e.